The highest BCUT2D eigenvalue weighted by Crippen LogP contribution is 2.31. The van der Waals surface area contributed by atoms with Crippen molar-refractivity contribution in [1.29, 1.82) is 0 Å². The molecule has 0 aliphatic heterocycles. The highest BCUT2D eigenvalue weighted by Gasteiger charge is 2.30. The number of alkyl halides is 5. The number of ether oxygens (including phenoxy) is 1. The third-order valence-corrected chi connectivity index (χ3v) is 4.89. The number of hydrogen-bond donors (Lipinski definition) is 0. The van der Waals surface area contributed by atoms with Gasteiger partial charge in [0, 0.05) is 18.4 Å². The van der Waals surface area contributed by atoms with Gasteiger partial charge < -0.3 is 9.30 Å². The van der Waals surface area contributed by atoms with E-state index in [1.807, 2.05) is 0 Å². The molecule has 148 valence electrons. The summed E-state index contributed by atoms with van der Waals surface area (Å²) in [5.74, 6) is 0.812. The van der Waals surface area contributed by atoms with Crippen LogP contribution in [0.4, 0.5) is 22.0 Å². The molecule has 0 N–H and O–H groups in total. The van der Waals surface area contributed by atoms with Crippen molar-refractivity contribution < 1.29 is 26.7 Å². The Hall–Kier alpha value is -2.62. The minimum Gasteiger partial charge on any atom is -0.435 e. The van der Waals surface area contributed by atoms with E-state index in [4.69, 9.17) is 0 Å². The van der Waals surface area contributed by atoms with Gasteiger partial charge in [0.2, 0.25) is 0 Å². The number of aromatic nitrogens is 3. The summed E-state index contributed by atoms with van der Waals surface area (Å²) in [5, 5.41) is 8.63. The first-order valence-corrected chi connectivity index (χ1v) is 8.96. The molecule has 1 aromatic heterocycles. The Morgan fingerprint density at radius 1 is 1.07 bits per heavy atom. The fourth-order valence-electron chi connectivity index (χ4n) is 2.46. The largest absolute Gasteiger partial charge is 0.435 e. The molecule has 0 amide bonds. The summed E-state index contributed by atoms with van der Waals surface area (Å²) in [5.41, 5.74) is 0.454. The summed E-state index contributed by atoms with van der Waals surface area (Å²) in [6.45, 7) is -2.90. The second-order valence-corrected chi connectivity index (χ2v) is 6.70. The van der Waals surface area contributed by atoms with Crippen molar-refractivity contribution in [2.45, 2.75) is 23.7 Å². The van der Waals surface area contributed by atoms with Crippen LogP contribution in [0, 0.1) is 0 Å². The Balaban J connectivity index is 1.71. The van der Waals surface area contributed by atoms with E-state index >= 15 is 0 Å². The molecule has 0 saturated carbocycles. The highest BCUT2D eigenvalue weighted by molar-refractivity contribution is 7.98. The summed E-state index contributed by atoms with van der Waals surface area (Å²) in [4.78, 5) is 0. The summed E-state index contributed by atoms with van der Waals surface area (Å²) in [7, 11) is 1.72. The van der Waals surface area contributed by atoms with Crippen molar-refractivity contribution in [2.24, 2.45) is 7.05 Å². The van der Waals surface area contributed by atoms with Crippen LogP contribution in [0.1, 0.15) is 11.1 Å². The Morgan fingerprint density at radius 3 is 2.43 bits per heavy atom. The molecule has 0 aliphatic rings. The van der Waals surface area contributed by atoms with Gasteiger partial charge in [0.15, 0.2) is 11.0 Å². The number of benzene rings is 2. The van der Waals surface area contributed by atoms with Gasteiger partial charge in [0.05, 0.1) is 5.56 Å². The van der Waals surface area contributed by atoms with Crippen molar-refractivity contribution in [3.63, 3.8) is 0 Å². The van der Waals surface area contributed by atoms with E-state index in [1.54, 1.807) is 29.8 Å². The fourth-order valence-corrected chi connectivity index (χ4v) is 3.32. The van der Waals surface area contributed by atoms with Gasteiger partial charge in [-0.25, -0.2) is 0 Å². The maximum atomic E-state index is 12.8. The normalized spacial score (nSPS) is 11.8. The van der Waals surface area contributed by atoms with E-state index < -0.39 is 18.4 Å². The monoisotopic (exact) mass is 415 g/mol. The van der Waals surface area contributed by atoms with Gasteiger partial charge in [-0.15, -0.1) is 10.2 Å². The highest BCUT2D eigenvalue weighted by atomic mass is 32.2. The summed E-state index contributed by atoms with van der Waals surface area (Å²) >= 11 is 1.24. The van der Waals surface area contributed by atoms with E-state index in [-0.39, 0.29) is 11.5 Å². The van der Waals surface area contributed by atoms with Crippen LogP contribution in [0.3, 0.4) is 0 Å². The molecule has 1 heterocycles. The zero-order valence-electron chi connectivity index (χ0n) is 14.5. The number of rotatable bonds is 6. The molecule has 0 saturated heterocycles. The van der Waals surface area contributed by atoms with Gasteiger partial charge in [-0.2, -0.15) is 22.0 Å². The number of nitrogens with zero attached hydrogens (tertiary/aromatic N) is 3. The van der Waals surface area contributed by atoms with Gasteiger partial charge in [-0.05, 0) is 35.9 Å². The molecular formula is C18H14F5N3OS. The molecule has 0 spiro atoms. The minimum absolute atomic E-state index is 0.0278. The van der Waals surface area contributed by atoms with Crippen LogP contribution in [0.15, 0.2) is 53.7 Å². The van der Waals surface area contributed by atoms with Crippen LogP contribution in [0.5, 0.6) is 5.75 Å². The van der Waals surface area contributed by atoms with Crippen LogP contribution in [0.2, 0.25) is 0 Å². The summed E-state index contributed by atoms with van der Waals surface area (Å²) < 4.78 is 68.8. The van der Waals surface area contributed by atoms with Crippen molar-refractivity contribution in [3.8, 4) is 17.1 Å². The summed E-state index contributed by atoms with van der Waals surface area (Å²) in [6.07, 6.45) is -4.39. The van der Waals surface area contributed by atoms with E-state index in [9.17, 15) is 22.0 Å². The average molecular weight is 415 g/mol. The third-order valence-electron chi connectivity index (χ3n) is 3.79. The second-order valence-electron chi connectivity index (χ2n) is 5.75. The first-order valence-electron chi connectivity index (χ1n) is 7.97. The predicted molar refractivity (Wildman–Crippen MR) is 94.1 cm³/mol. The third kappa shape index (κ3) is 4.80. The molecule has 0 fully saturated rings. The lowest BCUT2D eigenvalue weighted by Gasteiger charge is -2.09. The molecule has 0 unspecified atom stereocenters. The molecule has 28 heavy (non-hydrogen) atoms. The van der Waals surface area contributed by atoms with E-state index in [0.717, 1.165) is 12.1 Å². The molecule has 4 nitrogen and oxygen atoms in total. The maximum Gasteiger partial charge on any atom is 0.416 e. The molecule has 2 aromatic carbocycles. The lowest BCUT2D eigenvalue weighted by molar-refractivity contribution is -0.137. The van der Waals surface area contributed by atoms with Crippen LogP contribution < -0.4 is 4.74 Å². The molecule has 10 heteroatoms. The lowest BCUT2D eigenvalue weighted by atomic mass is 10.1. The van der Waals surface area contributed by atoms with E-state index in [0.29, 0.717) is 22.1 Å². The standard InChI is InChI=1S/C18H14F5N3OS/c1-26-15(12-5-7-14(8-6-12)27-16(19)20)24-25-17(26)28-10-11-3-2-4-13(9-11)18(21,22)23/h2-9,16H,10H2,1H3. The molecule has 0 atom stereocenters. The Bertz CT molecular complexity index is 941. The van der Waals surface area contributed by atoms with Crippen molar-refractivity contribution in [1.82, 2.24) is 14.8 Å². The maximum absolute atomic E-state index is 12.8. The smallest absolute Gasteiger partial charge is 0.416 e. The number of thioether (sulfide) groups is 1. The fraction of sp³-hybridized carbons (Fsp3) is 0.222. The Labute approximate surface area is 161 Å². The minimum atomic E-state index is -4.39. The lowest BCUT2D eigenvalue weighted by Crippen LogP contribution is -2.05. The Kier molecular flexibility index (Phi) is 5.87. The van der Waals surface area contributed by atoms with Crippen LogP contribution in [-0.2, 0) is 19.0 Å². The molecular weight excluding hydrogens is 401 g/mol. The molecule has 0 aliphatic carbocycles. The van der Waals surface area contributed by atoms with Crippen molar-refractivity contribution >= 4 is 11.8 Å². The average Bonchev–Trinajstić information content (AvgIpc) is 3.00. The van der Waals surface area contributed by atoms with Crippen molar-refractivity contribution in [3.05, 3.63) is 59.7 Å². The predicted octanol–water partition coefficient (Wildman–Crippen LogP) is 5.39. The van der Waals surface area contributed by atoms with Gasteiger partial charge in [-0.3, -0.25) is 0 Å². The first-order chi connectivity index (χ1) is 13.2. The molecule has 0 radical (unpaired) electrons. The zero-order chi connectivity index (χ0) is 20.3. The second kappa shape index (κ2) is 8.17. The van der Waals surface area contributed by atoms with Crippen LogP contribution in [0.25, 0.3) is 11.4 Å². The van der Waals surface area contributed by atoms with E-state index in [2.05, 4.69) is 14.9 Å². The van der Waals surface area contributed by atoms with Crippen molar-refractivity contribution in [2.75, 3.05) is 0 Å². The van der Waals surface area contributed by atoms with Crippen LogP contribution >= 0.6 is 11.8 Å². The topological polar surface area (TPSA) is 39.9 Å². The van der Waals surface area contributed by atoms with Gasteiger partial charge in [0.1, 0.15) is 5.75 Å². The van der Waals surface area contributed by atoms with Crippen LogP contribution in [-0.4, -0.2) is 21.4 Å². The molecule has 0 bridgehead atoms. The van der Waals surface area contributed by atoms with Gasteiger partial charge in [-0.1, -0.05) is 30.0 Å². The zero-order valence-corrected chi connectivity index (χ0v) is 15.3. The number of halogens is 5. The van der Waals surface area contributed by atoms with Gasteiger partial charge >= 0.3 is 12.8 Å². The van der Waals surface area contributed by atoms with E-state index in [1.165, 1.54) is 30.0 Å². The molecule has 3 aromatic rings. The number of hydrogen-bond acceptors (Lipinski definition) is 4. The van der Waals surface area contributed by atoms with Gasteiger partial charge in [0.25, 0.3) is 0 Å². The first kappa shape index (κ1) is 20.1. The molecule has 3 rings (SSSR count). The SMILES string of the molecule is Cn1c(SCc2cccc(C(F)(F)F)c2)nnc1-c1ccc(OC(F)F)cc1. The quantitative estimate of drug-likeness (QED) is 0.400. The Morgan fingerprint density at radius 2 is 1.79 bits per heavy atom. The summed E-state index contributed by atoms with van der Waals surface area (Å²) in [6, 6.07) is 11.0.